The number of amides is 2. The van der Waals surface area contributed by atoms with Crippen LogP contribution in [0.3, 0.4) is 0 Å². The normalized spacial score (nSPS) is 12.3. The van der Waals surface area contributed by atoms with Gasteiger partial charge in [-0.1, -0.05) is 13.8 Å². The largest absolute Gasteiger partial charge is 0.347 e. The molecule has 4 N–H and O–H groups in total. The maximum Gasteiger partial charge on any atom is 0.239 e. The third kappa shape index (κ3) is 5.04. The standard InChI is InChI=1S/C11H20N6O2/c1-7(2)10(12)11(19)14-5-9(18)13-4-8-15-6-17(3)16-8/h6-7,10H,4-5,12H2,1-3H3,(H,13,18)(H,14,19)/t10-/m0/s1. The summed E-state index contributed by atoms with van der Waals surface area (Å²) in [5.41, 5.74) is 5.65. The zero-order valence-electron chi connectivity index (χ0n) is 11.4. The molecule has 0 aromatic carbocycles. The number of rotatable bonds is 6. The molecule has 0 spiro atoms. The van der Waals surface area contributed by atoms with Gasteiger partial charge in [0.1, 0.15) is 6.33 Å². The molecule has 19 heavy (non-hydrogen) atoms. The number of aryl methyl sites for hydroxylation is 1. The Kier molecular flexibility index (Phi) is 5.43. The molecule has 0 aliphatic carbocycles. The number of aromatic nitrogens is 3. The highest BCUT2D eigenvalue weighted by Gasteiger charge is 2.17. The van der Waals surface area contributed by atoms with Crippen molar-refractivity contribution in [2.24, 2.45) is 18.7 Å². The summed E-state index contributed by atoms with van der Waals surface area (Å²) in [6.45, 7) is 3.81. The Balaban J connectivity index is 2.26. The highest BCUT2D eigenvalue weighted by Crippen LogP contribution is 1.97. The van der Waals surface area contributed by atoms with Crippen LogP contribution in [0.5, 0.6) is 0 Å². The number of carbonyl (C=O) groups excluding carboxylic acids is 2. The molecular weight excluding hydrogens is 248 g/mol. The second kappa shape index (κ2) is 6.83. The third-order valence-electron chi connectivity index (χ3n) is 2.53. The average Bonchev–Trinajstić information content (AvgIpc) is 2.78. The molecule has 0 aliphatic rings. The van der Waals surface area contributed by atoms with Crippen molar-refractivity contribution in [3.05, 3.63) is 12.2 Å². The SMILES string of the molecule is CC(C)[C@H](N)C(=O)NCC(=O)NCc1ncn(C)n1. The topological polar surface area (TPSA) is 115 Å². The molecule has 8 heteroatoms. The van der Waals surface area contributed by atoms with Crippen LogP contribution >= 0.6 is 0 Å². The highest BCUT2D eigenvalue weighted by molar-refractivity contribution is 5.87. The van der Waals surface area contributed by atoms with Gasteiger partial charge in [-0.2, -0.15) is 5.10 Å². The van der Waals surface area contributed by atoms with E-state index in [2.05, 4.69) is 20.7 Å². The summed E-state index contributed by atoms with van der Waals surface area (Å²) in [5.74, 6) is -0.0975. The summed E-state index contributed by atoms with van der Waals surface area (Å²) >= 11 is 0. The lowest BCUT2D eigenvalue weighted by atomic mass is 10.1. The fourth-order valence-electron chi connectivity index (χ4n) is 1.29. The highest BCUT2D eigenvalue weighted by atomic mass is 16.2. The molecule has 106 valence electrons. The van der Waals surface area contributed by atoms with Crippen molar-refractivity contribution < 1.29 is 9.59 Å². The monoisotopic (exact) mass is 268 g/mol. The fourth-order valence-corrected chi connectivity index (χ4v) is 1.29. The number of carbonyl (C=O) groups is 2. The second-order valence-corrected chi connectivity index (χ2v) is 4.60. The van der Waals surface area contributed by atoms with Gasteiger partial charge in [-0.05, 0) is 5.92 Å². The van der Waals surface area contributed by atoms with E-state index in [0.29, 0.717) is 5.82 Å². The second-order valence-electron chi connectivity index (χ2n) is 4.60. The molecule has 2 amide bonds. The van der Waals surface area contributed by atoms with E-state index in [1.54, 1.807) is 18.1 Å². The first kappa shape index (κ1) is 15.1. The van der Waals surface area contributed by atoms with Crippen molar-refractivity contribution in [1.82, 2.24) is 25.4 Å². The molecular formula is C11H20N6O2. The van der Waals surface area contributed by atoms with Gasteiger partial charge in [0.25, 0.3) is 0 Å². The quantitative estimate of drug-likeness (QED) is 0.582. The molecule has 8 nitrogen and oxygen atoms in total. The predicted molar refractivity (Wildman–Crippen MR) is 68.7 cm³/mol. The Bertz CT molecular complexity index is 442. The fraction of sp³-hybridized carbons (Fsp3) is 0.636. The first-order valence-electron chi connectivity index (χ1n) is 6.04. The van der Waals surface area contributed by atoms with Gasteiger partial charge in [-0.25, -0.2) is 4.98 Å². The van der Waals surface area contributed by atoms with Crippen molar-refractivity contribution in [1.29, 1.82) is 0 Å². The van der Waals surface area contributed by atoms with Gasteiger partial charge in [-0.15, -0.1) is 0 Å². The van der Waals surface area contributed by atoms with Crippen LogP contribution in [0.15, 0.2) is 6.33 Å². The summed E-state index contributed by atoms with van der Waals surface area (Å²) in [6, 6.07) is -0.606. The van der Waals surface area contributed by atoms with Crippen LogP contribution in [0.1, 0.15) is 19.7 Å². The molecule has 0 radical (unpaired) electrons. The Hall–Kier alpha value is -1.96. The van der Waals surface area contributed by atoms with E-state index >= 15 is 0 Å². The van der Waals surface area contributed by atoms with Crippen LogP contribution < -0.4 is 16.4 Å². The van der Waals surface area contributed by atoms with Gasteiger partial charge in [0.2, 0.25) is 11.8 Å². The molecule has 1 heterocycles. The summed E-state index contributed by atoms with van der Waals surface area (Å²) in [5, 5.41) is 9.10. The summed E-state index contributed by atoms with van der Waals surface area (Å²) in [7, 11) is 1.74. The molecule has 0 aliphatic heterocycles. The van der Waals surface area contributed by atoms with Crippen LogP contribution in [0.25, 0.3) is 0 Å². The summed E-state index contributed by atoms with van der Waals surface area (Å²) < 4.78 is 1.55. The van der Waals surface area contributed by atoms with Crippen LogP contribution in [-0.2, 0) is 23.2 Å². The molecule has 0 unspecified atom stereocenters. The maximum atomic E-state index is 11.5. The number of nitrogens with one attached hydrogen (secondary N) is 2. The smallest absolute Gasteiger partial charge is 0.239 e. The minimum Gasteiger partial charge on any atom is -0.347 e. The minimum absolute atomic E-state index is 0.0285. The Morgan fingerprint density at radius 3 is 2.63 bits per heavy atom. The third-order valence-corrected chi connectivity index (χ3v) is 2.53. The Labute approximate surface area is 111 Å². The molecule has 1 aromatic rings. The van der Waals surface area contributed by atoms with Crippen LogP contribution in [0.4, 0.5) is 0 Å². The van der Waals surface area contributed by atoms with Crippen molar-refractivity contribution >= 4 is 11.8 Å². The van der Waals surface area contributed by atoms with E-state index in [9.17, 15) is 9.59 Å². The molecule has 1 rings (SSSR count). The Morgan fingerprint density at radius 2 is 2.11 bits per heavy atom. The van der Waals surface area contributed by atoms with Crippen molar-refractivity contribution in [3.8, 4) is 0 Å². The van der Waals surface area contributed by atoms with E-state index in [0.717, 1.165) is 0 Å². The van der Waals surface area contributed by atoms with Gasteiger partial charge in [0.15, 0.2) is 5.82 Å². The molecule has 0 saturated carbocycles. The van der Waals surface area contributed by atoms with Gasteiger partial charge in [0, 0.05) is 7.05 Å². The first-order chi connectivity index (χ1) is 8.90. The summed E-state index contributed by atoms with van der Waals surface area (Å²) in [6.07, 6.45) is 1.55. The zero-order valence-corrected chi connectivity index (χ0v) is 11.4. The van der Waals surface area contributed by atoms with Crippen molar-refractivity contribution in [2.45, 2.75) is 26.4 Å². The number of nitrogens with two attached hydrogens (primary N) is 1. The van der Waals surface area contributed by atoms with Gasteiger partial charge >= 0.3 is 0 Å². The minimum atomic E-state index is -0.606. The van der Waals surface area contributed by atoms with E-state index in [4.69, 9.17) is 5.73 Å². The van der Waals surface area contributed by atoms with Crippen LogP contribution in [0, 0.1) is 5.92 Å². The first-order valence-corrected chi connectivity index (χ1v) is 6.04. The van der Waals surface area contributed by atoms with Gasteiger partial charge in [-0.3, -0.25) is 14.3 Å². The average molecular weight is 268 g/mol. The van der Waals surface area contributed by atoms with E-state index in [1.807, 2.05) is 13.8 Å². The lowest BCUT2D eigenvalue weighted by Gasteiger charge is -2.14. The van der Waals surface area contributed by atoms with Crippen LogP contribution in [-0.4, -0.2) is 39.2 Å². The predicted octanol–water partition coefficient (Wildman–Crippen LogP) is -1.47. The lowest BCUT2D eigenvalue weighted by Crippen LogP contribution is -2.47. The van der Waals surface area contributed by atoms with E-state index < -0.39 is 6.04 Å². The Morgan fingerprint density at radius 1 is 1.42 bits per heavy atom. The number of nitrogens with zero attached hydrogens (tertiary/aromatic N) is 3. The summed E-state index contributed by atoms with van der Waals surface area (Å²) in [4.78, 5) is 27.0. The van der Waals surface area contributed by atoms with Crippen molar-refractivity contribution in [2.75, 3.05) is 6.54 Å². The molecule has 1 aromatic heterocycles. The van der Waals surface area contributed by atoms with E-state index in [-0.39, 0.29) is 30.8 Å². The van der Waals surface area contributed by atoms with Gasteiger partial charge in [0.05, 0.1) is 19.1 Å². The molecule has 1 atom stereocenters. The molecule has 0 fully saturated rings. The van der Waals surface area contributed by atoms with E-state index in [1.165, 1.54) is 0 Å². The number of hydrogen-bond acceptors (Lipinski definition) is 5. The van der Waals surface area contributed by atoms with Crippen LogP contribution in [0.2, 0.25) is 0 Å². The zero-order chi connectivity index (χ0) is 14.4. The van der Waals surface area contributed by atoms with Crippen molar-refractivity contribution in [3.63, 3.8) is 0 Å². The maximum absolute atomic E-state index is 11.5. The molecule has 0 bridgehead atoms. The van der Waals surface area contributed by atoms with Gasteiger partial charge < -0.3 is 16.4 Å². The number of hydrogen-bond donors (Lipinski definition) is 3. The molecule has 0 saturated heterocycles. The lowest BCUT2D eigenvalue weighted by molar-refractivity contribution is -0.127.